The molecule has 24 heavy (non-hydrogen) atoms. The number of urea groups is 1. The number of carboxylic acid groups (broad SMARTS) is 1. The number of nitrogens with one attached hydrogen (secondary N) is 1. The van der Waals surface area contributed by atoms with Crippen molar-refractivity contribution in [3.8, 4) is 0 Å². The third kappa shape index (κ3) is 2.67. The number of hydrogen-bond donors (Lipinski definition) is 2. The van der Waals surface area contributed by atoms with E-state index in [0.29, 0.717) is 5.56 Å². The minimum atomic E-state index is -0.961. The summed E-state index contributed by atoms with van der Waals surface area (Å²) in [5.41, 5.74) is 1.56. The molecule has 0 saturated carbocycles. The van der Waals surface area contributed by atoms with Crippen molar-refractivity contribution >= 4 is 34.9 Å². The van der Waals surface area contributed by atoms with Crippen LogP contribution in [0.2, 0.25) is 0 Å². The van der Waals surface area contributed by atoms with Gasteiger partial charge in [-0.1, -0.05) is 24.3 Å². The lowest BCUT2D eigenvalue weighted by Gasteiger charge is -2.06. The van der Waals surface area contributed by atoms with Gasteiger partial charge in [0.15, 0.2) is 0 Å². The molecule has 3 amide bonds. The van der Waals surface area contributed by atoms with Gasteiger partial charge in [-0.3, -0.25) is 14.5 Å². The van der Waals surface area contributed by atoms with Gasteiger partial charge in [0.1, 0.15) is 12.2 Å². The fourth-order valence-electron chi connectivity index (χ4n) is 2.69. The largest absolute Gasteiger partial charge is 0.480 e. The highest BCUT2D eigenvalue weighted by atomic mass is 16.4. The molecule has 1 aromatic heterocycles. The van der Waals surface area contributed by atoms with Crippen molar-refractivity contribution in [2.24, 2.45) is 0 Å². The summed E-state index contributed by atoms with van der Waals surface area (Å²) in [7, 11) is 0. The summed E-state index contributed by atoms with van der Waals surface area (Å²) in [6, 6.07) is 6.78. The maximum atomic E-state index is 12.3. The Labute approximate surface area is 137 Å². The van der Waals surface area contributed by atoms with E-state index in [1.807, 2.05) is 18.2 Å². The Bertz CT molecular complexity index is 894. The van der Waals surface area contributed by atoms with E-state index in [1.54, 1.807) is 22.9 Å². The van der Waals surface area contributed by atoms with Gasteiger partial charge >= 0.3 is 12.0 Å². The number of aromatic nitrogens is 1. The smallest absolute Gasteiger partial charge is 0.329 e. The first kappa shape index (κ1) is 15.5. The maximum absolute atomic E-state index is 12.3. The SMILES string of the molecule is C=CCN1C(=O)N/C(=C/c2cn(CC(=O)O)c3ccccc23)C1=O. The number of imide groups is 1. The third-order valence-electron chi connectivity index (χ3n) is 3.70. The number of benzene rings is 1. The van der Waals surface area contributed by atoms with Crippen LogP contribution in [0.3, 0.4) is 0 Å². The van der Waals surface area contributed by atoms with E-state index in [4.69, 9.17) is 5.11 Å². The van der Waals surface area contributed by atoms with Crippen molar-refractivity contribution in [1.82, 2.24) is 14.8 Å². The van der Waals surface area contributed by atoms with Crippen LogP contribution in [0.4, 0.5) is 4.79 Å². The molecule has 1 fully saturated rings. The van der Waals surface area contributed by atoms with E-state index in [9.17, 15) is 14.4 Å². The number of para-hydroxylation sites is 1. The molecule has 0 bridgehead atoms. The number of nitrogens with zero attached hydrogens (tertiary/aromatic N) is 2. The van der Waals surface area contributed by atoms with Gasteiger partial charge in [0.2, 0.25) is 0 Å². The molecule has 3 rings (SSSR count). The summed E-state index contributed by atoms with van der Waals surface area (Å²) in [6.45, 7) is 3.46. The second kappa shape index (κ2) is 6.04. The molecular weight excluding hydrogens is 310 g/mol. The van der Waals surface area contributed by atoms with E-state index in [0.717, 1.165) is 15.8 Å². The summed E-state index contributed by atoms with van der Waals surface area (Å²) >= 11 is 0. The highest BCUT2D eigenvalue weighted by molar-refractivity contribution is 6.14. The molecule has 1 aliphatic rings. The molecule has 1 aromatic carbocycles. The number of carbonyl (C=O) groups is 3. The number of amides is 3. The molecule has 7 nitrogen and oxygen atoms in total. The van der Waals surface area contributed by atoms with Crippen molar-refractivity contribution in [2.45, 2.75) is 6.54 Å². The minimum absolute atomic E-state index is 0.128. The average Bonchev–Trinajstić information content (AvgIpc) is 3.01. The zero-order chi connectivity index (χ0) is 17.3. The Hall–Kier alpha value is -3.35. The van der Waals surface area contributed by atoms with Crippen molar-refractivity contribution in [3.05, 3.63) is 54.4 Å². The van der Waals surface area contributed by atoms with Crippen LogP contribution in [-0.2, 0) is 16.1 Å². The second-order valence-corrected chi connectivity index (χ2v) is 5.32. The van der Waals surface area contributed by atoms with Gasteiger partial charge in [-0.05, 0) is 12.1 Å². The second-order valence-electron chi connectivity index (χ2n) is 5.32. The summed E-state index contributed by atoms with van der Waals surface area (Å²) in [6.07, 6.45) is 4.69. The molecule has 2 N–H and O–H groups in total. The molecule has 1 saturated heterocycles. The number of hydrogen-bond acceptors (Lipinski definition) is 3. The lowest BCUT2D eigenvalue weighted by molar-refractivity contribution is -0.137. The number of aliphatic carboxylic acids is 1. The van der Waals surface area contributed by atoms with E-state index in [1.165, 1.54) is 6.08 Å². The molecule has 1 aliphatic heterocycles. The van der Waals surface area contributed by atoms with Crippen molar-refractivity contribution < 1.29 is 19.5 Å². The number of carboxylic acids is 1. The van der Waals surface area contributed by atoms with Crippen LogP contribution in [-0.4, -0.2) is 39.0 Å². The fourth-order valence-corrected chi connectivity index (χ4v) is 2.69. The third-order valence-corrected chi connectivity index (χ3v) is 3.70. The Morgan fingerprint density at radius 1 is 1.29 bits per heavy atom. The standard InChI is InChI=1S/C17H15N3O4/c1-2-7-20-16(23)13(18-17(20)24)8-11-9-19(10-15(21)22)14-6-4-3-5-12(11)14/h2-6,8-9H,1,7,10H2,(H,18,24)(H,21,22)/b13-8+. The molecule has 7 heteroatoms. The van der Waals surface area contributed by atoms with E-state index in [2.05, 4.69) is 11.9 Å². The van der Waals surface area contributed by atoms with Gasteiger partial charge in [0.25, 0.3) is 5.91 Å². The minimum Gasteiger partial charge on any atom is -0.480 e. The summed E-state index contributed by atoms with van der Waals surface area (Å²) in [5, 5.41) is 12.4. The normalized spacial score (nSPS) is 16.0. The molecule has 0 radical (unpaired) electrons. The van der Waals surface area contributed by atoms with Crippen molar-refractivity contribution in [3.63, 3.8) is 0 Å². The Morgan fingerprint density at radius 2 is 2.04 bits per heavy atom. The molecule has 0 atom stereocenters. The van der Waals surface area contributed by atoms with Gasteiger partial charge in [-0.25, -0.2) is 4.79 Å². The van der Waals surface area contributed by atoms with Crippen molar-refractivity contribution in [2.75, 3.05) is 6.54 Å². The molecular formula is C17H15N3O4. The predicted octanol–water partition coefficient (Wildman–Crippen LogP) is 1.80. The van der Waals surface area contributed by atoms with Gasteiger partial charge in [-0.15, -0.1) is 6.58 Å². The van der Waals surface area contributed by atoms with Crippen LogP contribution in [0.25, 0.3) is 17.0 Å². The average molecular weight is 325 g/mol. The van der Waals surface area contributed by atoms with Crippen LogP contribution in [0.15, 0.2) is 48.8 Å². The van der Waals surface area contributed by atoms with Crippen LogP contribution in [0.1, 0.15) is 5.56 Å². The molecule has 2 heterocycles. The quantitative estimate of drug-likeness (QED) is 0.498. The number of fused-ring (bicyclic) bond motifs is 1. The molecule has 0 spiro atoms. The zero-order valence-corrected chi connectivity index (χ0v) is 12.7. The maximum Gasteiger partial charge on any atom is 0.329 e. The molecule has 2 aromatic rings. The lowest BCUT2D eigenvalue weighted by atomic mass is 10.1. The van der Waals surface area contributed by atoms with E-state index in [-0.39, 0.29) is 18.8 Å². The highest BCUT2D eigenvalue weighted by Crippen LogP contribution is 2.24. The first-order chi connectivity index (χ1) is 11.5. The molecule has 122 valence electrons. The lowest BCUT2D eigenvalue weighted by Crippen LogP contribution is -2.30. The summed E-state index contributed by atoms with van der Waals surface area (Å²) in [4.78, 5) is 36.1. The Balaban J connectivity index is 2.04. The molecule has 0 aliphatic carbocycles. The topological polar surface area (TPSA) is 91.6 Å². The number of rotatable bonds is 5. The summed E-state index contributed by atoms with van der Waals surface area (Å²) in [5.74, 6) is -1.40. The van der Waals surface area contributed by atoms with Gasteiger partial charge in [-0.2, -0.15) is 0 Å². The van der Waals surface area contributed by atoms with E-state index >= 15 is 0 Å². The van der Waals surface area contributed by atoms with Crippen LogP contribution >= 0.6 is 0 Å². The highest BCUT2D eigenvalue weighted by Gasteiger charge is 2.32. The predicted molar refractivity (Wildman–Crippen MR) is 88.0 cm³/mol. The zero-order valence-electron chi connectivity index (χ0n) is 12.7. The first-order valence-corrected chi connectivity index (χ1v) is 7.26. The summed E-state index contributed by atoms with van der Waals surface area (Å²) < 4.78 is 1.59. The van der Waals surface area contributed by atoms with Gasteiger partial charge < -0.3 is 15.0 Å². The fraction of sp³-hybridized carbons (Fsp3) is 0.118. The Morgan fingerprint density at radius 3 is 2.75 bits per heavy atom. The van der Waals surface area contributed by atoms with E-state index < -0.39 is 17.9 Å². The van der Waals surface area contributed by atoms with Crippen molar-refractivity contribution in [1.29, 1.82) is 0 Å². The van der Waals surface area contributed by atoms with Crippen LogP contribution in [0.5, 0.6) is 0 Å². The Kier molecular flexibility index (Phi) is 3.91. The number of carbonyl (C=O) groups excluding carboxylic acids is 2. The van der Waals surface area contributed by atoms with Crippen LogP contribution in [0, 0.1) is 0 Å². The van der Waals surface area contributed by atoms with Gasteiger partial charge in [0, 0.05) is 29.2 Å². The van der Waals surface area contributed by atoms with Gasteiger partial charge in [0.05, 0.1) is 0 Å². The molecule has 0 unspecified atom stereocenters. The first-order valence-electron chi connectivity index (χ1n) is 7.26. The monoisotopic (exact) mass is 325 g/mol. The van der Waals surface area contributed by atoms with Crippen LogP contribution < -0.4 is 5.32 Å².